The first-order valence-corrected chi connectivity index (χ1v) is 6.82. The normalized spacial score (nSPS) is 11.5. The monoisotopic (exact) mass is 302 g/mol. The summed E-state index contributed by atoms with van der Waals surface area (Å²) in [6, 6.07) is 15.0. The summed E-state index contributed by atoms with van der Waals surface area (Å²) in [6.45, 7) is 1.58. The van der Waals surface area contributed by atoms with E-state index in [1.54, 1.807) is 26.2 Å². The molecular formula is C17H14N6. The fraction of sp³-hybridized carbons (Fsp3) is 0.118. The van der Waals surface area contributed by atoms with Crippen LogP contribution >= 0.6 is 0 Å². The quantitative estimate of drug-likeness (QED) is 0.492. The number of hydrogen-bond acceptors (Lipinski definition) is 5. The van der Waals surface area contributed by atoms with E-state index in [4.69, 9.17) is 5.26 Å². The second-order valence-electron chi connectivity index (χ2n) is 4.54. The van der Waals surface area contributed by atoms with Crippen LogP contribution in [0.25, 0.3) is 11.4 Å². The number of rotatable bonds is 4. The number of hydrogen-bond donors (Lipinski definition) is 0. The molecular weight excluding hydrogens is 288 g/mol. The van der Waals surface area contributed by atoms with Gasteiger partial charge in [0.15, 0.2) is 0 Å². The number of pyridine rings is 2. The maximum atomic E-state index is 9.37. The molecule has 6 heteroatoms. The van der Waals surface area contributed by atoms with Gasteiger partial charge in [-0.15, -0.1) is 0 Å². The molecule has 0 saturated heterocycles. The summed E-state index contributed by atoms with van der Waals surface area (Å²) in [5.41, 5.74) is 1.87. The van der Waals surface area contributed by atoms with Crippen molar-refractivity contribution in [1.82, 2.24) is 9.97 Å². The molecule has 0 bridgehead atoms. The van der Waals surface area contributed by atoms with Crippen molar-refractivity contribution in [2.45, 2.75) is 6.92 Å². The molecule has 0 amide bonds. The Bertz CT molecular complexity index is 824. The third-order valence-corrected chi connectivity index (χ3v) is 3.01. The van der Waals surface area contributed by atoms with E-state index in [1.165, 1.54) is 11.2 Å². The average molecular weight is 302 g/mol. The molecule has 0 unspecified atom stereocenters. The lowest BCUT2D eigenvalue weighted by Gasteiger charge is -2.18. The SMILES string of the molecule is C/N=C/N(/C(C#N)=C(\C)C#N)c1cccc(-c2ccccn2)n1. The second-order valence-corrected chi connectivity index (χ2v) is 4.54. The van der Waals surface area contributed by atoms with Crippen LogP contribution in [0.5, 0.6) is 0 Å². The number of nitrogens with zero attached hydrogens (tertiary/aromatic N) is 6. The lowest BCUT2D eigenvalue weighted by molar-refractivity contribution is 1.15. The van der Waals surface area contributed by atoms with Crippen molar-refractivity contribution in [2.75, 3.05) is 11.9 Å². The number of nitriles is 2. The van der Waals surface area contributed by atoms with Crippen molar-refractivity contribution in [3.63, 3.8) is 0 Å². The number of allylic oxidation sites excluding steroid dienone is 2. The molecule has 2 heterocycles. The van der Waals surface area contributed by atoms with Gasteiger partial charge in [-0.05, 0) is 31.2 Å². The minimum atomic E-state index is 0.184. The van der Waals surface area contributed by atoms with Crippen LogP contribution in [-0.4, -0.2) is 23.4 Å². The first-order chi connectivity index (χ1) is 11.2. The Kier molecular flexibility index (Phi) is 5.16. The lowest BCUT2D eigenvalue weighted by Crippen LogP contribution is -2.22. The minimum absolute atomic E-state index is 0.184. The van der Waals surface area contributed by atoms with E-state index in [-0.39, 0.29) is 11.3 Å². The van der Waals surface area contributed by atoms with Crippen molar-refractivity contribution in [3.8, 4) is 23.5 Å². The summed E-state index contributed by atoms with van der Waals surface area (Å²) >= 11 is 0. The molecule has 0 atom stereocenters. The minimum Gasteiger partial charge on any atom is -0.278 e. The van der Waals surface area contributed by atoms with Crippen LogP contribution in [0.15, 0.2) is 58.9 Å². The number of aliphatic imine (C=N–C) groups is 1. The highest BCUT2D eigenvalue weighted by Crippen LogP contribution is 2.21. The first kappa shape index (κ1) is 15.9. The summed E-state index contributed by atoms with van der Waals surface area (Å²) in [4.78, 5) is 14.2. The van der Waals surface area contributed by atoms with Gasteiger partial charge < -0.3 is 0 Å². The van der Waals surface area contributed by atoms with E-state index >= 15 is 0 Å². The lowest BCUT2D eigenvalue weighted by atomic mass is 10.2. The Labute approximate surface area is 134 Å². The van der Waals surface area contributed by atoms with Gasteiger partial charge in [0, 0.05) is 13.2 Å². The van der Waals surface area contributed by atoms with E-state index in [2.05, 4.69) is 15.0 Å². The topological polar surface area (TPSA) is 89.0 Å². The van der Waals surface area contributed by atoms with Gasteiger partial charge in [-0.3, -0.25) is 14.9 Å². The van der Waals surface area contributed by atoms with Crippen molar-refractivity contribution in [2.24, 2.45) is 4.99 Å². The Morgan fingerprint density at radius 1 is 1.13 bits per heavy atom. The molecule has 2 rings (SSSR count). The van der Waals surface area contributed by atoms with Crippen LogP contribution in [0.3, 0.4) is 0 Å². The van der Waals surface area contributed by atoms with Gasteiger partial charge in [-0.1, -0.05) is 12.1 Å². The molecule has 0 aromatic carbocycles. The Balaban J connectivity index is 2.55. The molecule has 0 spiro atoms. The third kappa shape index (κ3) is 3.58. The predicted octanol–water partition coefficient (Wildman–Crippen LogP) is 2.93. The largest absolute Gasteiger partial charge is 0.278 e. The van der Waals surface area contributed by atoms with E-state index in [9.17, 15) is 5.26 Å². The van der Waals surface area contributed by atoms with E-state index < -0.39 is 0 Å². The van der Waals surface area contributed by atoms with Crippen LogP contribution in [0, 0.1) is 22.7 Å². The van der Waals surface area contributed by atoms with E-state index in [1.807, 2.05) is 42.5 Å². The Morgan fingerprint density at radius 2 is 1.91 bits per heavy atom. The fourth-order valence-corrected chi connectivity index (χ4v) is 1.93. The highest BCUT2D eigenvalue weighted by Gasteiger charge is 2.15. The third-order valence-electron chi connectivity index (χ3n) is 3.01. The smallest absolute Gasteiger partial charge is 0.140 e. The predicted molar refractivity (Wildman–Crippen MR) is 88.3 cm³/mol. The molecule has 6 nitrogen and oxygen atoms in total. The molecule has 0 N–H and O–H groups in total. The second kappa shape index (κ2) is 7.48. The molecule has 2 aromatic rings. The van der Waals surface area contributed by atoms with Gasteiger partial charge in [-0.2, -0.15) is 10.5 Å². The zero-order valence-electron chi connectivity index (χ0n) is 12.8. The van der Waals surface area contributed by atoms with Gasteiger partial charge in [0.1, 0.15) is 17.6 Å². The van der Waals surface area contributed by atoms with Crippen LogP contribution in [0.2, 0.25) is 0 Å². The van der Waals surface area contributed by atoms with Gasteiger partial charge in [-0.25, -0.2) is 4.98 Å². The molecule has 23 heavy (non-hydrogen) atoms. The molecule has 0 aliphatic carbocycles. The fourth-order valence-electron chi connectivity index (χ4n) is 1.93. The maximum Gasteiger partial charge on any atom is 0.140 e. The summed E-state index contributed by atoms with van der Waals surface area (Å²) < 4.78 is 0. The van der Waals surface area contributed by atoms with Gasteiger partial charge in [0.05, 0.1) is 29.4 Å². The number of anilines is 1. The Morgan fingerprint density at radius 3 is 2.52 bits per heavy atom. The van der Waals surface area contributed by atoms with Crippen LogP contribution in [0.4, 0.5) is 5.82 Å². The van der Waals surface area contributed by atoms with Crippen LogP contribution in [0.1, 0.15) is 6.92 Å². The summed E-state index contributed by atoms with van der Waals surface area (Å²) in [7, 11) is 1.59. The standard InChI is InChI=1S/C17H14N6/c1-13(10-18)16(11-19)23(12-20-2)17-8-5-7-15(22-17)14-6-3-4-9-21-14/h3-9,12H,1-2H3/b16-13+,20-12+. The first-order valence-electron chi connectivity index (χ1n) is 6.82. The van der Waals surface area contributed by atoms with Crippen LogP contribution < -0.4 is 4.90 Å². The highest BCUT2D eigenvalue weighted by atomic mass is 15.2. The highest BCUT2D eigenvalue weighted by molar-refractivity contribution is 5.84. The number of aromatic nitrogens is 2. The van der Waals surface area contributed by atoms with Crippen molar-refractivity contribution >= 4 is 12.2 Å². The molecule has 112 valence electrons. The molecule has 0 radical (unpaired) electrons. The van der Waals surface area contributed by atoms with Gasteiger partial charge in [0.25, 0.3) is 0 Å². The van der Waals surface area contributed by atoms with E-state index in [0.717, 1.165) is 5.69 Å². The molecule has 0 saturated carbocycles. The Hall–Kier alpha value is -3.51. The maximum absolute atomic E-state index is 9.37. The molecule has 0 aliphatic rings. The molecule has 2 aromatic heterocycles. The molecule has 0 fully saturated rings. The van der Waals surface area contributed by atoms with E-state index in [0.29, 0.717) is 11.5 Å². The van der Waals surface area contributed by atoms with Crippen LogP contribution in [-0.2, 0) is 0 Å². The molecule has 0 aliphatic heterocycles. The van der Waals surface area contributed by atoms with Crippen molar-refractivity contribution < 1.29 is 0 Å². The summed E-state index contributed by atoms with van der Waals surface area (Å²) in [5.74, 6) is 0.491. The zero-order chi connectivity index (χ0) is 16.7. The van der Waals surface area contributed by atoms with Gasteiger partial charge >= 0.3 is 0 Å². The zero-order valence-corrected chi connectivity index (χ0v) is 12.8. The van der Waals surface area contributed by atoms with Crippen molar-refractivity contribution in [3.05, 3.63) is 53.9 Å². The summed E-state index contributed by atoms with van der Waals surface area (Å²) in [6.07, 6.45) is 3.15. The van der Waals surface area contributed by atoms with Crippen molar-refractivity contribution in [1.29, 1.82) is 10.5 Å². The van der Waals surface area contributed by atoms with Gasteiger partial charge in [0.2, 0.25) is 0 Å². The summed E-state index contributed by atoms with van der Waals surface area (Å²) in [5, 5.41) is 18.4. The average Bonchev–Trinajstić information content (AvgIpc) is 2.62.